The summed E-state index contributed by atoms with van der Waals surface area (Å²) in [4.78, 5) is 8.48. The van der Waals surface area contributed by atoms with Crippen LogP contribution in [0, 0.1) is 5.92 Å². The summed E-state index contributed by atoms with van der Waals surface area (Å²) in [6, 6.07) is 1.80. The minimum absolute atomic E-state index is 0.393. The first-order valence-electron chi connectivity index (χ1n) is 5.22. The van der Waals surface area contributed by atoms with E-state index in [0.29, 0.717) is 28.8 Å². The van der Waals surface area contributed by atoms with Crippen LogP contribution in [0.15, 0.2) is 11.1 Å². The Bertz CT molecular complexity index is 347. The summed E-state index contributed by atoms with van der Waals surface area (Å²) in [6.07, 6.45) is 0. The predicted molar refractivity (Wildman–Crippen MR) is 67.9 cm³/mol. The van der Waals surface area contributed by atoms with E-state index in [1.165, 1.54) is 0 Å². The van der Waals surface area contributed by atoms with Gasteiger partial charge in [0.25, 0.3) is 0 Å². The molecule has 1 atom stereocenters. The molecule has 5 heteroatoms. The topological polar surface area (TPSA) is 35.0 Å². The number of ether oxygens (including phenoxy) is 1. The molecule has 1 rings (SSSR count). The molecule has 0 aliphatic rings. The van der Waals surface area contributed by atoms with Crippen molar-refractivity contribution in [3.05, 3.63) is 17.0 Å². The molecule has 0 aliphatic heterocycles. The largest absolute Gasteiger partial charge is 0.377 e. The van der Waals surface area contributed by atoms with Gasteiger partial charge in [-0.15, -0.1) is 11.8 Å². The van der Waals surface area contributed by atoms with E-state index in [1.807, 2.05) is 0 Å². The monoisotopic (exact) mass is 260 g/mol. The molecule has 1 unspecified atom stereocenters. The molecular formula is C11H17ClN2OS. The van der Waals surface area contributed by atoms with Crippen LogP contribution in [-0.4, -0.2) is 22.3 Å². The fourth-order valence-electron chi connectivity index (χ4n) is 1.02. The Labute approximate surface area is 106 Å². The van der Waals surface area contributed by atoms with Crippen LogP contribution >= 0.6 is 23.4 Å². The number of halogens is 1. The first kappa shape index (κ1) is 13.7. The van der Waals surface area contributed by atoms with Gasteiger partial charge in [0.05, 0.1) is 0 Å². The lowest BCUT2D eigenvalue weighted by Gasteiger charge is -2.14. The predicted octanol–water partition coefficient (Wildman–Crippen LogP) is 3.41. The highest BCUT2D eigenvalue weighted by atomic mass is 35.5. The van der Waals surface area contributed by atoms with E-state index < -0.39 is 0 Å². The van der Waals surface area contributed by atoms with E-state index >= 15 is 0 Å². The van der Waals surface area contributed by atoms with Gasteiger partial charge in [0, 0.05) is 18.4 Å². The van der Waals surface area contributed by atoms with Crippen molar-refractivity contribution in [1.82, 2.24) is 9.97 Å². The molecule has 0 aromatic carbocycles. The smallest absolute Gasteiger partial charge is 0.156 e. The van der Waals surface area contributed by atoms with Crippen LogP contribution < -0.4 is 0 Å². The number of methoxy groups -OCH3 is 1. The van der Waals surface area contributed by atoms with E-state index in [-0.39, 0.29) is 0 Å². The Morgan fingerprint density at radius 1 is 1.38 bits per heavy atom. The highest BCUT2D eigenvalue weighted by molar-refractivity contribution is 7.99. The third-order valence-electron chi connectivity index (χ3n) is 2.24. The molecule has 0 N–H and O–H groups in total. The van der Waals surface area contributed by atoms with E-state index in [1.54, 1.807) is 24.9 Å². The van der Waals surface area contributed by atoms with Crippen molar-refractivity contribution in [2.75, 3.05) is 7.11 Å². The highest BCUT2D eigenvalue weighted by Crippen LogP contribution is 2.27. The van der Waals surface area contributed by atoms with Crippen LogP contribution in [-0.2, 0) is 11.3 Å². The van der Waals surface area contributed by atoms with Crippen molar-refractivity contribution in [3.8, 4) is 0 Å². The summed E-state index contributed by atoms with van der Waals surface area (Å²) in [6.45, 7) is 6.96. The van der Waals surface area contributed by atoms with Gasteiger partial charge in [0.1, 0.15) is 16.8 Å². The lowest BCUT2D eigenvalue weighted by Crippen LogP contribution is -2.07. The molecule has 1 aromatic rings. The second-order valence-electron chi connectivity index (χ2n) is 3.95. The molecule has 0 fully saturated rings. The summed E-state index contributed by atoms with van der Waals surface area (Å²) in [5.41, 5.74) is 0. The summed E-state index contributed by atoms with van der Waals surface area (Å²) in [7, 11) is 1.62. The van der Waals surface area contributed by atoms with Gasteiger partial charge < -0.3 is 4.74 Å². The van der Waals surface area contributed by atoms with Gasteiger partial charge in [-0.3, -0.25) is 0 Å². The fourth-order valence-corrected chi connectivity index (χ4v) is 2.28. The minimum Gasteiger partial charge on any atom is -0.377 e. The number of thioether (sulfide) groups is 1. The van der Waals surface area contributed by atoms with Gasteiger partial charge in [0.15, 0.2) is 5.82 Å². The van der Waals surface area contributed by atoms with Crippen LogP contribution in [0.4, 0.5) is 0 Å². The molecule has 1 heterocycles. The van der Waals surface area contributed by atoms with E-state index in [9.17, 15) is 0 Å². The van der Waals surface area contributed by atoms with E-state index in [4.69, 9.17) is 16.3 Å². The Kier molecular flexibility index (Phi) is 5.52. The zero-order valence-electron chi connectivity index (χ0n) is 10.0. The van der Waals surface area contributed by atoms with Crippen LogP contribution in [0.5, 0.6) is 0 Å². The fraction of sp³-hybridized carbons (Fsp3) is 0.636. The summed E-state index contributed by atoms with van der Waals surface area (Å²) in [5.74, 6) is 1.23. The SMILES string of the molecule is COCc1nc(Cl)cc(SC(C)C(C)C)n1. The van der Waals surface area contributed by atoms with Gasteiger partial charge in [0.2, 0.25) is 0 Å². The average Bonchev–Trinajstić information content (AvgIpc) is 2.16. The highest BCUT2D eigenvalue weighted by Gasteiger charge is 2.11. The summed E-state index contributed by atoms with van der Waals surface area (Å²) >= 11 is 7.64. The van der Waals surface area contributed by atoms with Crippen LogP contribution in [0.2, 0.25) is 5.15 Å². The van der Waals surface area contributed by atoms with E-state index in [2.05, 4.69) is 30.7 Å². The first-order valence-corrected chi connectivity index (χ1v) is 6.47. The quantitative estimate of drug-likeness (QED) is 0.600. The summed E-state index contributed by atoms with van der Waals surface area (Å²) in [5, 5.41) is 1.88. The third-order valence-corrected chi connectivity index (χ3v) is 3.80. The Morgan fingerprint density at radius 2 is 2.06 bits per heavy atom. The zero-order valence-corrected chi connectivity index (χ0v) is 11.6. The number of nitrogens with zero attached hydrogens (tertiary/aromatic N) is 2. The van der Waals surface area contributed by atoms with Crippen molar-refractivity contribution >= 4 is 23.4 Å². The Hall–Kier alpha value is -0.320. The number of aromatic nitrogens is 2. The van der Waals surface area contributed by atoms with Crippen molar-refractivity contribution in [2.45, 2.75) is 37.7 Å². The maximum absolute atomic E-state index is 5.93. The molecule has 1 aromatic heterocycles. The molecule has 90 valence electrons. The van der Waals surface area contributed by atoms with E-state index in [0.717, 1.165) is 5.03 Å². The number of rotatable bonds is 5. The van der Waals surface area contributed by atoms with Crippen LogP contribution in [0.3, 0.4) is 0 Å². The molecule has 16 heavy (non-hydrogen) atoms. The Morgan fingerprint density at radius 3 is 2.62 bits per heavy atom. The standard InChI is InChI=1S/C11H17ClN2OS/c1-7(2)8(3)16-11-5-9(12)13-10(14-11)6-15-4/h5,7-8H,6H2,1-4H3. The zero-order chi connectivity index (χ0) is 12.1. The molecule has 0 saturated heterocycles. The minimum atomic E-state index is 0.393. The normalized spacial score (nSPS) is 13.1. The first-order chi connectivity index (χ1) is 7.52. The molecule has 0 spiro atoms. The van der Waals surface area contributed by atoms with Crippen molar-refractivity contribution in [2.24, 2.45) is 5.92 Å². The molecule has 0 aliphatic carbocycles. The number of hydrogen-bond donors (Lipinski definition) is 0. The molecular weight excluding hydrogens is 244 g/mol. The summed E-state index contributed by atoms with van der Waals surface area (Å²) < 4.78 is 5.00. The van der Waals surface area contributed by atoms with Gasteiger partial charge in [-0.2, -0.15) is 0 Å². The van der Waals surface area contributed by atoms with Crippen molar-refractivity contribution < 1.29 is 4.74 Å². The van der Waals surface area contributed by atoms with Gasteiger partial charge in [-0.1, -0.05) is 32.4 Å². The molecule has 0 bridgehead atoms. The molecule has 0 radical (unpaired) electrons. The average molecular weight is 261 g/mol. The lowest BCUT2D eigenvalue weighted by atomic mass is 10.2. The maximum Gasteiger partial charge on any atom is 0.156 e. The molecule has 3 nitrogen and oxygen atoms in total. The maximum atomic E-state index is 5.93. The van der Waals surface area contributed by atoms with Gasteiger partial charge in [-0.05, 0) is 5.92 Å². The van der Waals surface area contributed by atoms with Crippen molar-refractivity contribution in [3.63, 3.8) is 0 Å². The van der Waals surface area contributed by atoms with Gasteiger partial charge in [-0.25, -0.2) is 9.97 Å². The number of hydrogen-bond acceptors (Lipinski definition) is 4. The van der Waals surface area contributed by atoms with Crippen LogP contribution in [0.1, 0.15) is 26.6 Å². The Balaban J connectivity index is 2.79. The van der Waals surface area contributed by atoms with Gasteiger partial charge >= 0.3 is 0 Å². The third kappa shape index (κ3) is 4.28. The molecule has 0 saturated carbocycles. The molecule has 0 amide bonds. The van der Waals surface area contributed by atoms with Crippen LogP contribution in [0.25, 0.3) is 0 Å². The van der Waals surface area contributed by atoms with Crippen molar-refractivity contribution in [1.29, 1.82) is 0 Å². The second-order valence-corrected chi connectivity index (χ2v) is 5.73. The second kappa shape index (κ2) is 6.42. The lowest BCUT2D eigenvalue weighted by molar-refractivity contribution is 0.177.